The molecule has 5 heteroatoms. The van der Waals surface area contributed by atoms with Crippen LogP contribution in [0.25, 0.3) is 0 Å². The van der Waals surface area contributed by atoms with E-state index in [0.29, 0.717) is 5.02 Å². The molecule has 130 valence electrons. The smallest absolute Gasteiger partial charge is 0.214 e. The van der Waals surface area contributed by atoms with Crippen LogP contribution in [0.5, 0.6) is 0 Å². The molecule has 0 saturated heterocycles. The average Bonchev–Trinajstić information content (AvgIpc) is 2.76. The molecule has 2 aromatic carbocycles. The molecule has 0 amide bonds. The second-order valence-electron chi connectivity index (χ2n) is 6.93. The lowest BCUT2D eigenvalue weighted by Crippen LogP contribution is -2.25. The lowest BCUT2D eigenvalue weighted by Gasteiger charge is -2.26. The van der Waals surface area contributed by atoms with Gasteiger partial charge in [-0.1, -0.05) is 61.9 Å². The summed E-state index contributed by atoms with van der Waals surface area (Å²) in [4.78, 5) is 13.1. The molecule has 1 aliphatic rings. The number of anilines is 1. The number of benzene rings is 2. The first-order chi connectivity index (χ1) is 11.8. The molecular formula is C20H21ClN2O2. The Bertz CT molecular complexity index is 828. The minimum absolute atomic E-state index is 0.147. The first-order valence-electron chi connectivity index (χ1n) is 8.23. The molecular weight excluding hydrogens is 336 g/mol. The standard InChI is InChI=1S/C20H21ClN2O2/c1-20(2)17-6-4-5-7-18(17)22(3)19(20)12-15(13-23(24)25)14-8-10-16(21)11-9-14/h4-12,15H,13H2,1-3H3/b19-12-. The summed E-state index contributed by atoms with van der Waals surface area (Å²) < 4.78 is 0. The third kappa shape index (κ3) is 3.27. The highest BCUT2D eigenvalue weighted by Gasteiger charge is 2.38. The molecule has 25 heavy (non-hydrogen) atoms. The summed E-state index contributed by atoms with van der Waals surface area (Å²) in [7, 11) is 2.02. The van der Waals surface area contributed by atoms with Crippen molar-refractivity contribution in [2.24, 2.45) is 0 Å². The molecule has 1 unspecified atom stereocenters. The highest BCUT2D eigenvalue weighted by Crippen LogP contribution is 2.47. The van der Waals surface area contributed by atoms with Gasteiger partial charge < -0.3 is 4.90 Å². The number of likely N-dealkylation sites (N-methyl/N-ethyl adjacent to an activating group) is 1. The van der Waals surface area contributed by atoms with Crippen LogP contribution in [-0.4, -0.2) is 18.5 Å². The van der Waals surface area contributed by atoms with Gasteiger partial charge in [0.25, 0.3) is 0 Å². The van der Waals surface area contributed by atoms with E-state index in [4.69, 9.17) is 11.6 Å². The third-order valence-electron chi connectivity index (χ3n) is 4.94. The maximum Gasteiger partial charge on any atom is 0.214 e. The number of fused-ring (bicyclic) bond motifs is 1. The van der Waals surface area contributed by atoms with Crippen LogP contribution in [0.2, 0.25) is 5.02 Å². The fourth-order valence-corrected chi connectivity index (χ4v) is 3.74. The number of para-hydroxylation sites is 1. The van der Waals surface area contributed by atoms with E-state index < -0.39 is 0 Å². The van der Waals surface area contributed by atoms with Crippen molar-refractivity contribution < 1.29 is 4.92 Å². The zero-order valence-corrected chi connectivity index (χ0v) is 15.3. The molecule has 2 aromatic rings. The lowest BCUT2D eigenvalue weighted by molar-refractivity contribution is -0.481. The Balaban J connectivity index is 2.06. The van der Waals surface area contributed by atoms with Gasteiger partial charge in [0, 0.05) is 33.8 Å². The molecule has 0 fully saturated rings. The van der Waals surface area contributed by atoms with Crippen molar-refractivity contribution in [3.63, 3.8) is 0 Å². The summed E-state index contributed by atoms with van der Waals surface area (Å²) in [5, 5.41) is 11.8. The number of hydrogen-bond donors (Lipinski definition) is 0. The molecule has 0 radical (unpaired) electrons. The summed E-state index contributed by atoms with van der Waals surface area (Å²) in [6, 6.07) is 15.5. The summed E-state index contributed by atoms with van der Waals surface area (Å²) in [6.45, 7) is 4.17. The Morgan fingerprint density at radius 3 is 2.44 bits per heavy atom. The summed E-state index contributed by atoms with van der Waals surface area (Å²) in [5.41, 5.74) is 4.16. The van der Waals surface area contributed by atoms with E-state index in [1.807, 2.05) is 37.4 Å². The van der Waals surface area contributed by atoms with E-state index in [-0.39, 0.29) is 22.8 Å². The van der Waals surface area contributed by atoms with Crippen LogP contribution >= 0.6 is 11.6 Å². The maximum atomic E-state index is 11.2. The largest absolute Gasteiger partial charge is 0.347 e. The second kappa shape index (κ2) is 6.52. The van der Waals surface area contributed by atoms with Crippen LogP contribution in [0.1, 0.15) is 30.9 Å². The van der Waals surface area contributed by atoms with Crippen molar-refractivity contribution in [1.82, 2.24) is 0 Å². The van der Waals surface area contributed by atoms with Crippen molar-refractivity contribution in [3.05, 3.63) is 86.6 Å². The minimum atomic E-state index is -0.307. The van der Waals surface area contributed by atoms with Gasteiger partial charge in [0.05, 0.1) is 5.92 Å². The number of nitrogens with zero attached hydrogens (tertiary/aromatic N) is 2. The van der Waals surface area contributed by atoms with E-state index in [1.54, 1.807) is 12.1 Å². The van der Waals surface area contributed by atoms with Crippen LogP contribution in [-0.2, 0) is 5.41 Å². The maximum absolute atomic E-state index is 11.2. The molecule has 1 heterocycles. The van der Waals surface area contributed by atoms with E-state index in [1.165, 1.54) is 5.56 Å². The van der Waals surface area contributed by atoms with Crippen LogP contribution in [0, 0.1) is 10.1 Å². The normalized spacial score (nSPS) is 18.2. The van der Waals surface area contributed by atoms with Crippen LogP contribution < -0.4 is 4.90 Å². The Labute approximate surface area is 152 Å². The van der Waals surface area contributed by atoms with Crippen molar-refractivity contribution in [1.29, 1.82) is 0 Å². The summed E-state index contributed by atoms with van der Waals surface area (Å²) >= 11 is 5.96. The van der Waals surface area contributed by atoms with E-state index in [2.05, 4.69) is 30.9 Å². The topological polar surface area (TPSA) is 46.4 Å². The quantitative estimate of drug-likeness (QED) is 0.571. The number of rotatable bonds is 4. The number of halogens is 1. The van der Waals surface area contributed by atoms with Crippen LogP contribution in [0.4, 0.5) is 5.69 Å². The van der Waals surface area contributed by atoms with Gasteiger partial charge in [-0.3, -0.25) is 10.1 Å². The zero-order valence-electron chi connectivity index (χ0n) is 14.6. The third-order valence-corrected chi connectivity index (χ3v) is 5.20. The first kappa shape index (κ1) is 17.5. The van der Waals surface area contributed by atoms with Crippen molar-refractivity contribution in [2.75, 3.05) is 18.5 Å². The summed E-state index contributed by atoms with van der Waals surface area (Å²) in [6.07, 6.45) is 2.03. The first-order valence-corrected chi connectivity index (χ1v) is 8.61. The van der Waals surface area contributed by atoms with Gasteiger partial charge in [-0.25, -0.2) is 0 Å². The fourth-order valence-electron chi connectivity index (χ4n) is 3.62. The highest BCUT2D eigenvalue weighted by molar-refractivity contribution is 6.30. The fraction of sp³-hybridized carbons (Fsp3) is 0.300. The molecule has 0 bridgehead atoms. The van der Waals surface area contributed by atoms with Crippen molar-refractivity contribution >= 4 is 17.3 Å². The van der Waals surface area contributed by atoms with Gasteiger partial charge in [0.1, 0.15) is 0 Å². The highest BCUT2D eigenvalue weighted by atomic mass is 35.5. The van der Waals surface area contributed by atoms with Crippen LogP contribution in [0.15, 0.2) is 60.3 Å². The molecule has 1 aliphatic heterocycles. The molecule has 0 saturated carbocycles. The molecule has 4 nitrogen and oxygen atoms in total. The Kier molecular flexibility index (Phi) is 4.56. The Hall–Kier alpha value is -2.33. The van der Waals surface area contributed by atoms with E-state index in [9.17, 15) is 10.1 Å². The number of allylic oxidation sites excluding steroid dienone is 1. The average molecular weight is 357 g/mol. The molecule has 0 aromatic heterocycles. The van der Waals surface area contributed by atoms with Crippen molar-refractivity contribution in [3.8, 4) is 0 Å². The van der Waals surface area contributed by atoms with Crippen molar-refractivity contribution in [2.45, 2.75) is 25.2 Å². The minimum Gasteiger partial charge on any atom is -0.347 e. The monoisotopic (exact) mass is 356 g/mol. The number of hydrogen-bond acceptors (Lipinski definition) is 3. The van der Waals surface area contributed by atoms with E-state index in [0.717, 1.165) is 16.9 Å². The SMILES string of the molecule is CN1/C(=C\C(C[N+](=O)[O-])c2ccc(Cl)cc2)C(C)(C)c2ccccc21. The molecule has 0 spiro atoms. The zero-order chi connectivity index (χ0) is 18.2. The second-order valence-corrected chi connectivity index (χ2v) is 7.36. The van der Waals surface area contributed by atoms with E-state index >= 15 is 0 Å². The van der Waals surface area contributed by atoms with Gasteiger partial charge in [0.15, 0.2) is 0 Å². The van der Waals surface area contributed by atoms with Gasteiger partial charge in [-0.2, -0.15) is 0 Å². The number of nitro groups is 1. The molecule has 1 atom stereocenters. The molecule has 0 aliphatic carbocycles. The predicted molar refractivity (Wildman–Crippen MR) is 102 cm³/mol. The van der Waals surface area contributed by atoms with Gasteiger partial charge in [-0.05, 0) is 29.3 Å². The van der Waals surface area contributed by atoms with Crippen LogP contribution in [0.3, 0.4) is 0 Å². The molecule has 0 N–H and O–H groups in total. The summed E-state index contributed by atoms with van der Waals surface area (Å²) in [5.74, 6) is -0.307. The van der Waals surface area contributed by atoms with Gasteiger partial charge >= 0.3 is 0 Å². The molecule has 3 rings (SSSR count). The lowest BCUT2D eigenvalue weighted by atomic mass is 9.82. The Morgan fingerprint density at radius 1 is 1.20 bits per heavy atom. The van der Waals surface area contributed by atoms with Gasteiger partial charge in [0.2, 0.25) is 6.54 Å². The Morgan fingerprint density at radius 2 is 1.84 bits per heavy atom. The predicted octanol–water partition coefficient (Wildman–Crippen LogP) is 5.01. The van der Waals surface area contributed by atoms with Gasteiger partial charge in [-0.15, -0.1) is 0 Å².